The third kappa shape index (κ3) is 2.95. The Morgan fingerprint density at radius 3 is 3.06 bits per heavy atom. The van der Waals surface area contributed by atoms with Crippen LogP contribution in [0.15, 0.2) is 22.4 Å². The Hall–Kier alpha value is -0.690. The van der Waals surface area contributed by atoms with E-state index >= 15 is 0 Å². The van der Waals surface area contributed by atoms with Crippen LogP contribution >= 0.6 is 35.3 Å². The first kappa shape index (κ1) is 12.8. The maximum absolute atomic E-state index is 12.0. The van der Waals surface area contributed by atoms with E-state index in [2.05, 4.69) is 0 Å². The van der Waals surface area contributed by atoms with Crippen LogP contribution in [0.25, 0.3) is 6.08 Å². The van der Waals surface area contributed by atoms with Crippen LogP contribution < -0.4 is 0 Å². The predicted octanol–water partition coefficient (Wildman–Crippen LogP) is 2.60. The zero-order valence-corrected chi connectivity index (χ0v) is 11.7. The van der Waals surface area contributed by atoms with Gasteiger partial charge in [-0.2, -0.15) is 0 Å². The van der Waals surface area contributed by atoms with Crippen molar-refractivity contribution in [1.82, 2.24) is 4.90 Å². The number of thioether (sulfide) groups is 1. The second-order valence-corrected chi connectivity index (χ2v) is 6.00. The minimum atomic E-state index is -0.0227. The molecule has 0 atom stereocenters. The van der Waals surface area contributed by atoms with Crippen LogP contribution in [0.1, 0.15) is 4.88 Å². The van der Waals surface area contributed by atoms with Crippen LogP contribution in [0.2, 0.25) is 0 Å². The summed E-state index contributed by atoms with van der Waals surface area (Å²) < 4.78 is 5.57. The van der Waals surface area contributed by atoms with E-state index in [1.54, 1.807) is 23.3 Å². The third-order valence-electron chi connectivity index (χ3n) is 2.21. The molecular formula is C11H11NO2S3. The number of methoxy groups -OCH3 is 1. The Bertz CT molecular complexity index is 453. The fourth-order valence-electron chi connectivity index (χ4n) is 1.38. The molecule has 0 spiro atoms. The number of carbonyl (C=O) groups is 1. The van der Waals surface area contributed by atoms with Gasteiger partial charge in [0, 0.05) is 12.0 Å². The van der Waals surface area contributed by atoms with Crippen molar-refractivity contribution >= 4 is 51.6 Å². The number of rotatable bonds is 4. The van der Waals surface area contributed by atoms with Crippen molar-refractivity contribution in [3.8, 4) is 0 Å². The van der Waals surface area contributed by atoms with Gasteiger partial charge in [0.1, 0.15) is 4.32 Å². The lowest BCUT2D eigenvalue weighted by Gasteiger charge is -2.12. The summed E-state index contributed by atoms with van der Waals surface area (Å²) in [6.45, 7) is 1.02. The monoisotopic (exact) mass is 285 g/mol. The van der Waals surface area contributed by atoms with Gasteiger partial charge in [-0.3, -0.25) is 9.69 Å². The number of carbonyl (C=O) groups excluding carboxylic acids is 1. The molecule has 0 saturated carbocycles. The van der Waals surface area contributed by atoms with Crippen LogP contribution in [0, 0.1) is 0 Å². The molecule has 1 aromatic rings. The first-order valence-electron chi connectivity index (χ1n) is 5.00. The third-order valence-corrected chi connectivity index (χ3v) is 4.41. The van der Waals surface area contributed by atoms with E-state index in [0.29, 0.717) is 22.4 Å². The molecule has 1 aromatic heterocycles. The highest BCUT2D eigenvalue weighted by atomic mass is 32.2. The van der Waals surface area contributed by atoms with Crippen molar-refractivity contribution in [2.75, 3.05) is 20.3 Å². The van der Waals surface area contributed by atoms with Crippen LogP contribution in [-0.2, 0) is 9.53 Å². The lowest BCUT2D eigenvalue weighted by Crippen LogP contribution is -2.31. The van der Waals surface area contributed by atoms with Crippen molar-refractivity contribution in [1.29, 1.82) is 0 Å². The summed E-state index contributed by atoms with van der Waals surface area (Å²) in [5.74, 6) is -0.0227. The second kappa shape index (κ2) is 5.77. The summed E-state index contributed by atoms with van der Waals surface area (Å²) in [6, 6.07) is 3.94. The van der Waals surface area contributed by atoms with E-state index in [4.69, 9.17) is 17.0 Å². The maximum atomic E-state index is 12.0. The normalized spacial score (nSPS) is 18.4. The first-order valence-corrected chi connectivity index (χ1v) is 7.10. The van der Waals surface area contributed by atoms with Gasteiger partial charge in [-0.25, -0.2) is 0 Å². The highest BCUT2D eigenvalue weighted by Gasteiger charge is 2.31. The zero-order chi connectivity index (χ0) is 12.3. The summed E-state index contributed by atoms with van der Waals surface area (Å²) in [5, 5.41) is 1.98. The van der Waals surface area contributed by atoms with E-state index in [0.717, 1.165) is 4.88 Å². The first-order chi connectivity index (χ1) is 8.22. The van der Waals surface area contributed by atoms with E-state index in [-0.39, 0.29) is 5.91 Å². The smallest absolute Gasteiger partial charge is 0.266 e. The summed E-state index contributed by atoms with van der Waals surface area (Å²) in [6.07, 6.45) is 1.89. The standard InChI is InChI=1S/C11H11NO2S3/c1-14-5-4-12-10(13)9(17-11(12)15)7-8-3-2-6-16-8/h2-3,6-7H,4-5H2,1H3/b9-7-. The number of hydrogen-bond donors (Lipinski definition) is 0. The van der Waals surface area contributed by atoms with E-state index in [1.807, 2.05) is 23.6 Å². The number of ether oxygens (including phenoxy) is 1. The maximum Gasteiger partial charge on any atom is 0.266 e. The van der Waals surface area contributed by atoms with Crippen LogP contribution in [0.4, 0.5) is 0 Å². The summed E-state index contributed by atoms with van der Waals surface area (Å²) >= 11 is 8.13. The molecule has 3 nitrogen and oxygen atoms in total. The van der Waals surface area contributed by atoms with Crippen molar-refractivity contribution in [2.24, 2.45) is 0 Å². The zero-order valence-electron chi connectivity index (χ0n) is 9.21. The quantitative estimate of drug-likeness (QED) is 0.628. The molecule has 90 valence electrons. The Labute approximate surface area is 113 Å². The van der Waals surface area contributed by atoms with Gasteiger partial charge in [-0.1, -0.05) is 30.0 Å². The molecule has 0 bridgehead atoms. The molecule has 1 saturated heterocycles. The van der Waals surface area contributed by atoms with Gasteiger partial charge in [0.25, 0.3) is 5.91 Å². The molecule has 0 aromatic carbocycles. The Morgan fingerprint density at radius 1 is 1.59 bits per heavy atom. The van der Waals surface area contributed by atoms with Gasteiger partial charge < -0.3 is 4.74 Å². The Kier molecular flexibility index (Phi) is 4.33. The highest BCUT2D eigenvalue weighted by molar-refractivity contribution is 8.26. The molecule has 0 N–H and O–H groups in total. The van der Waals surface area contributed by atoms with Gasteiger partial charge in [-0.15, -0.1) is 11.3 Å². The average molecular weight is 285 g/mol. The lowest BCUT2D eigenvalue weighted by atomic mass is 10.4. The van der Waals surface area contributed by atoms with Crippen molar-refractivity contribution in [3.05, 3.63) is 27.3 Å². The van der Waals surface area contributed by atoms with Gasteiger partial charge in [-0.05, 0) is 17.5 Å². The Morgan fingerprint density at radius 2 is 2.41 bits per heavy atom. The average Bonchev–Trinajstić information content (AvgIpc) is 2.89. The van der Waals surface area contributed by atoms with E-state index < -0.39 is 0 Å². The predicted molar refractivity (Wildman–Crippen MR) is 76.1 cm³/mol. The van der Waals surface area contributed by atoms with Crippen molar-refractivity contribution in [3.63, 3.8) is 0 Å². The fraction of sp³-hybridized carbons (Fsp3) is 0.273. The van der Waals surface area contributed by atoms with E-state index in [1.165, 1.54) is 11.8 Å². The number of thiocarbonyl (C=S) groups is 1. The van der Waals surface area contributed by atoms with E-state index in [9.17, 15) is 4.79 Å². The number of thiophene rings is 1. The van der Waals surface area contributed by atoms with Crippen LogP contribution in [0.3, 0.4) is 0 Å². The second-order valence-electron chi connectivity index (χ2n) is 3.34. The SMILES string of the molecule is COCCN1C(=O)/C(=C/c2cccs2)SC1=S. The fourth-order valence-corrected chi connectivity index (χ4v) is 3.41. The van der Waals surface area contributed by atoms with Crippen LogP contribution in [0.5, 0.6) is 0 Å². The van der Waals surface area contributed by atoms with Gasteiger partial charge in [0.15, 0.2) is 0 Å². The van der Waals surface area contributed by atoms with Crippen molar-refractivity contribution < 1.29 is 9.53 Å². The Balaban J connectivity index is 2.13. The number of hydrogen-bond acceptors (Lipinski definition) is 5. The van der Waals surface area contributed by atoms with Gasteiger partial charge in [0.05, 0.1) is 18.1 Å². The molecule has 17 heavy (non-hydrogen) atoms. The molecule has 2 heterocycles. The number of amides is 1. The number of nitrogens with zero attached hydrogens (tertiary/aromatic N) is 1. The molecule has 0 radical (unpaired) electrons. The van der Waals surface area contributed by atoms with Gasteiger partial charge in [0.2, 0.25) is 0 Å². The molecule has 2 rings (SSSR count). The molecule has 0 aliphatic carbocycles. The lowest BCUT2D eigenvalue weighted by molar-refractivity contribution is -0.122. The molecule has 1 aliphatic heterocycles. The summed E-state index contributed by atoms with van der Waals surface area (Å²) in [4.78, 5) is 15.4. The molecule has 1 amide bonds. The molecule has 1 aliphatic rings. The largest absolute Gasteiger partial charge is 0.383 e. The van der Waals surface area contributed by atoms with Crippen molar-refractivity contribution in [2.45, 2.75) is 0 Å². The minimum Gasteiger partial charge on any atom is -0.383 e. The van der Waals surface area contributed by atoms with Gasteiger partial charge >= 0.3 is 0 Å². The summed E-state index contributed by atoms with van der Waals surface area (Å²) in [5.41, 5.74) is 0. The molecule has 1 fully saturated rings. The molecular weight excluding hydrogens is 274 g/mol. The summed E-state index contributed by atoms with van der Waals surface area (Å²) in [7, 11) is 1.61. The van der Waals surface area contributed by atoms with Crippen LogP contribution in [-0.4, -0.2) is 35.4 Å². The molecule has 0 unspecified atom stereocenters. The molecule has 6 heteroatoms. The minimum absolute atomic E-state index is 0.0227. The topological polar surface area (TPSA) is 29.5 Å². The highest BCUT2D eigenvalue weighted by Crippen LogP contribution is 2.32.